The zero-order chi connectivity index (χ0) is 21.1. The molecule has 3 aliphatic rings. The van der Waals surface area contributed by atoms with Gasteiger partial charge in [0.1, 0.15) is 0 Å². The van der Waals surface area contributed by atoms with Crippen molar-refractivity contribution in [3.8, 4) is 17.1 Å². The van der Waals surface area contributed by atoms with Gasteiger partial charge in [-0.2, -0.15) is 10.2 Å². The lowest BCUT2D eigenvalue weighted by atomic mass is 9.40. The number of aliphatic hydroxyl groups excluding tert-OH is 1. The molecule has 0 unspecified atom stereocenters. The number of nitrogens with two attached hydrogens (primary N) is 1. The van der Waals surface area contributed by atoms with Crippen LogP contribution in [0.5, 0.6) is 0 Å². The van der Waals surface area contributed by atoms with Gasteiger partial charge in [-0.15, -0.1) is 4.80 Å². The Balaban J connectivity index is 1.48. The third-order valence-corrected chi connectivity index (χ3v) is 7.59. The number of aryl methyl sites for hydroxylation is 1. The molecule has 1 aromatic carbocycles. The smallest absolute Gasteiger partial charge is 0.241 e. The molecule has 3 fully saturated rings. The van der Waals surface area contributed by atoms with Crippen molar-refractivity contribution in [1.82, 2.24) is 29.7 Å². The topological polar surface area (TPSA) is 149 Å². The Morgan fingerprint density at radius 2 is 1.93 bits per heavy atom. The van der Waals surface area contributed by atoms with Gasteiger partial charge in [0.2, 0.25) is 15.8 Å². The van der Waals surface area contributed by atoms with E-state index in [9.17, 15) is 13.5 Å². The Morgan fingerprint density at radius 1 is 1.23 bits per heavy atom. The Hall–Kier alpha value is -2.89. The first-order chi connectivity index (χ1) is 14.2. The molecule has 4 N–H and O–H groups in total. The third kappa shape index (κ3) is 2.89. The van der Waals surface area contributed by atoms with Crippen LogP contribution in [0.25, 0.3) is 17.1 Å². The Kier molecular flexibility index (Phi) is 4.01. The summed E-state index contributed by atoms with van der Waals surface area (Å²) in [6.45, 7) is 1.98. The standard InChI is InChI=1S/C19H21N7O3S/c1-12-2-3-13(30(28,29)25-19-8-18(9-19,10-19)11-27)6-14(12)15-7-21-16(20)17(24-15)26-22-4-5-23-26/h2-7,25,27H,8-11H2,1H3,(H2,20,21). The lowest BCUT2D eigenvalue weighted by molar-refractivity contribution is -0.167. The van der Waals surface area contributed by atoms with Crippen LogP contribution in [0.3, 0.4) is 0 Å². The SMILES string of the molecule is Cc1ccc(S(=O)(=O)NC23CC(CO)(C2)C3)cc1-c1cnc(N)c(-n2nccn2)n1. The minimum atomic E-state index is -3.72. The molecule has 10 nitrogen and oxygen atoms in total. The zero-order valence-corrected chi connectivity index (χ0v) is 17.1. The Labute approximate surface area is 173 Å². The van der Waals surface area contributed by atoms with Crippen LogP contribution in [-0.4, -0.2) is 50.6 Å². The summed E-state index contributed by atoms with van der Waals surface area (Å²) in [5.41, 5.74) is 7.35. The minimum absolute atomic E-state index is 0.0859. The molecule has 0 atom stereocenters. The first kappa shape index (κ1) is 19.1. The van der Waals surface area contributed by atoms with E-state index in [1.807, 2.05) is 6.92 Å². The van der Waals surface area contributed by atoms with Crippen LogP contribution in [0, 0.1) is 12.3 Å². The summed E-state index contributed by atoms with van der Waals surface area (Å²) in [6.07, 6.45) is 6.54. The van der Waals surface area contributed by atoms with Crippen molar-refractivity contribution in [1.29, 1.82) is 0 Å². The van der Waals surface area contributed by atoms with Crippen LogP contribution in [-0.2, 0) is 10.0 Å². The predicted octanol–water partition coefficient (Wildman–Crippen LogP) is 0.808. The molecular weight excluding hydrogens is 406 g/mol. The fourth-order valence-corrected chi connectivity index (χ4v) is 6.08. The van der Waals surface area contributed by atoms with Crippen molar-refractivity contribution in [2.75, 3.05) is 12.3 Å². The number of nitrogen functional groups attached to an aromatic ring is 1. The number of nitrogens with one attached hydrogen (secondary N) is 1. The van der Waals surface area contributed by atoms with Gasteiger partial charge in [0.25, 0.3) is 0 Å². The van der Waals surface area contributed by atoms with Gasteiger partial charge in [0.05, 0.1) is 29.2 Å². The highest BCUT2D eigenvalue weighted by Crippen LogP contribution is 2.67. The van der Waals surface area contributed by atoms with Gasteiger partial charge in [-0.3, -0.25) is 0 Å². The van der Waals surface area contributed by atoms with E-state index < -0.39 is 15.6 Å². The van der Waals surface area contributed by atoms with E-state index in [4.69, 9.17) is 5.73 Å². The molecule has 2 bridgehead atoms. The summed E-state index contributed by atoms with van der Waals surface area (Å²) >= 11 is 0. The molecule has 3 aromatic rings. The first-order valence-electron chi connectivity index (χ1n) is 9.50. The lowest BCUT2D eigenvalue weighted by Gasteiger charge is -2.69. The van der Waals surface area contributed by atoms with E-state index in [-0.39, 0.29) is 28.6 Å². The molecule has 2 aromatic heterocycles. The highest BCUT2D eigenvalue weighted by Gasteiger charge is 2.68. The van der Waals surface area contributed by atoms with Crippen molar-refractivity contribution >= 4 is 15.8 Å². The molecule has 0 aliphatic heterocycles. The summed E-state index contributed by atoms with van der Waals surface area (Å²) in [6, 6.07) is 4.91. The second-order valence-corrected chi connectivity index (χ2v) is 10.0. The highest BCUT2D eigenvalue weighted by molar-refractivity contribution is 7.89. The summed E-state index contributed by atoms with van der Waals surface area (Å²) < 4.78 is 28.8. The highest BCUT2D eigenvalue weighted by atomic mass is 32.2. The van der Waals surface area contributed by atoms with Crippen molar-refractivity contribution in [2.24, 2.45) is 5.41 Å². The lowest BCUT2D eigenvalue weighted by Crippen LogP contribution is -2.75. The molecule has 6 rings (SSSR count). The molecule has 3 saturated carbocycles. The molecule has 156 valence electrons. The normalized spacial score (nSPS) is 24.9. The van der Waals surface area contributed by atoms with Gasteiger partial charge >= 0.3 is 0 Å². The van der Waals surface area contributed by atoms with Crippen LogP contribution >= 0.6 is 0 Å². The van der Waals surface area contributed by atoms with Gasteiger partial charge in [-0.1, -0.05) is 6.07 Å². The molecule has 3 aliphatic carbocycles. The molecule has 30 heavy (non-hydrogen) atoms. The van der Waals surface area contributed by atoms with Gasteiger partial charge in [0, 0.05) is 17.7 Å². The van der Waals surface area contributed by atoms with E-state index in [1.54, 1.807) is 18.2 Å². The molecule has 0 amide bonds. The number of hydrogen-bond donors (Lipinski definition) is 3. The van der Waals surface area contributed by atoms with Gasteiger partial charge < -0.3 is 10.8 Å². The second-order valence-electron chi connectivity index (χ2n) is 8.33. The number of aromatic nitrogens is 5. The third-order valence-electron chi connectivity index (χ3n) is 6.01. The van der Waals surface area contributed by atoms with Gasteiger partial charge in [-0.25, -0.2) is 23.1 Å². The van der Waals surface area contributed by atoms with Crippen LogP contribution in [0.1, 0.15) is 24.8 Å². The van der Waals surface area contributed by atoms with E-state index in [2.05, 4.69) is 24.9 Å². The maximum atomic E-state index is 13.0. The average molecular weight is 427 g/mol. The minimum Gasteiger partial charge on any atom is -0.396 e. The summed E-state index contributed by atoms with van der Waals surface area (Å²) in [4.78, 5) is 10.1. The van der Waals surface area contributed by atoms with Gasteiger partial charge in [-0.05, 0) is 49.3 Å². The van der Waals surface area contributed by atoms with Crippen molar-refractivity contribution < 1.29 is 13.5 Å². The number of rotatable bonds is 6. The van der Waals surface area contributed by atoms with Crippen LogP contribution < -0.4 is 10.5 Å². The maximum absolute atomic E-state index is 13.0. The number of nitrogens with zero attached hydrogens (tertiary/aromatic N) is 5. The number of hydrogen-bond acceptors (Lipinski definition) is 8. The largest absolute Gasteiger partial charge is 0.396 e. The van der Waals surface area contributed by atoms with E-state index in [1.165, 1.54) is 23.4 Å². The molecule has 0 radical (unpaired) electrons. The van der Waals surface area contributed by atoms with E-state index in [0.29, 0.717) is 30.5 Å². The molecule has 0 spiro atoms. The van der Waals surface area contributed by atoms with Crippen molar-refractivity contribution in [3.63, 3.8) is 0 Å². The summed E-state index contributed by atoms with van der Waals surface area (Å²) in [7, 11) is -3.72. The summed E-state index contributed by atoms with van der Waals surface area (Å²) in [5, 5.41) is 17.5. The Bertz CT molecular complexity index is 1220. The fraction of sp³-hybridized carbons (Fsp3) is 0.368. The van der Waals surface area contributed by atoms with Crippen LogP contribution in [0.15, 0.2) is 41.7 Å². The number of sulfonamides is 1. The first-order valence-corrected chi connectivity index (χ1v) is 11.0. The molecule has 11 heteroatoms. The number of benzene rings is 1. The molecule has 0 saturated heterocycles. The summed E-state index contributed by atoms with van der Waals surface area (Å²) in [5.74, 6) is 0.436. The number of anilines is 1. The van der Waals surface area contributed by atoms with Crippen LogP contribution in [0.4, 0.5) is 5.82 Å². The van der Waals surface area contributed by atoms with E-state index >= 15 is 0 Å². The van der Waals surface area contributed by atoms with Gasteiger partial charge in [0.15, 0.2) is 5.82 Å². The second kappa shape index (κ2) is 6.30. The quantitative estimate of drug-likeness (QED) is 0.523. The van der Waals surface area contributed by atoms with Crippen molar-refractivity contribution in [2.45, 2.75) is 36.6 Å². The van der Waals surface area contributed by atoms with E-state index in [0.717, 1.165) is 5.56 Å². The maximum Gasteiger partial charge on any atom is 0.241 e. The van der Waals surface area contributed by atoms with Crippen LogP contribution in [0.2, 0.25) is 0 Å². The number of aliphatic hydroxyl groups is 1. The predicted molar refractivity (Wildman–Crippen MR) is 108 cm³/mol. The molecule has 2 heterocycles. The monoisotopic (exact) mass is 427 g/mol. The molecular formula is C19H21N7O3S. The Morgan fingerprint density at radius 3 is 2.60 bits per heavy atom. The van der Waals surface area contributed by atoms with Crippen molar-refractivity contribution in [3.05, 3.63) is 42.4 Å². The zero-order valence-electron chi connectivity index (χ0n) is 16.3. The average Bonchev–Trinajstić information content (AvgIpc) is 3.19. The fourth-order valence-electron chi connectivity index (χ4n) is 4.65.